The summed E-state index contributed by atoms with van der Waals surface area (Å²) in [6.07, 6.45) is 2.00. The summed E-state index contributed by atoms with van der Waals surface area (Å²) in [4.78, 5) is 24.5. The summed E-state index contributed by atoms with van der Waals surface area (Å²) in [6.45, 7) is 3.54. The zero-order chi connectivity index (χ0) is 17.3. The highest BCUT2D eigenvalue weighted by Crippen LogP contribution is 2.27. The van der Waals surface area contributed by atoms with Crippen molar-refractivity contribution in [1.29, 1.82) is 0 Å². The van der Waals surface area contributed by atoms with Gasteiger partial charge in [-0.3, -0.25) is 4.79 Å². The average molecular weight is 325 g/mol. The summed E-state index contributed by atoms with van der Waals surface area (Å²) < 4.78 is 5.39. The minimum atomic E-state index is -0.905. The van der Waals surface area contributed by atoms with Crippen molar-refractivity contribution in [2.75, 3.05) is 7.11 Å². The van der Waals surface area contributed by atoms with Crippen molar-refractivity contribution >= 4 is 28.9 Å². The number of fused-ring (bicyclic) bond motifs is 1. The number of nitrogens with zero attached hydrogens (tertiary/aromatic N) is 2. The van der Waals surface area contributed by atoms with E-state index in [9.17, 15) is 9.59 Å². The molecule has 0 radical (unpaired) electrons. The molecule has 3 amide bonds. The molecule has 1 aliphatic rings. The SMILES string of the molecule is CC[C@@]1(C)NC(=O)N(/N=C\c2c(OC)ccc3ccccc23)C1=O. The molecule has 1 atom stereocenters. The molecule has 1 fully saturated rings. The predicted molar refractivity (Wildman–Crippen MR) is 92.2 cm³/mol. The Bertz CT molecular complexity index is 847. The van der Waals surface area contributed by atoms with Gasteiger partial charge in [0.2, 0.25) is 0 Å². The molecule has 6 nitrogen and oxygen atoms in total. The number of urea groups is 1. The van der Waals surface area contributed by atoms with Gasteiger partial charge in [0.15, 0.2) is 0 Å². The first-order chi connectivity index (χ1) is 11.5. The number of nitrogens with one attached hydrogen (secondary N) is 1. The van der Waals surface area contributed by atoms with Gasteiger partial charge in [-0.2, -0.15) is 5.10 Å². The fourth-order valence-corrected chi connectivity index (χ4v) is 2.72. The molecule has 1 saturated heterocycles. The van der Waals surface area contributed by atoms with Crippen LogP contribution in [0.3, 0.4) is 0 Å². The molecule has 3 rings (SSSR count). The van der Waals surface area contributed by atoms with E-state index in [1.54, 1.807) is 14.0 Å². The van der Waals surface area contributed by atoms with Crippen molar-refractivity contribution in [1.82, 2.24) is 10.3 Å². The molecule has 0 unspecified atom stereocenters. The number of carbonyl (C=O) groups is 2. The van der Waals surface area contributed by atoms with Gasteiger partial charge in [0.1, 0.15) is 11.3 Å². The summed E-state index contributed by atoms with van der Waals surface area (Å²) in [5, 5.41) is 9.64. The second-order valence-corrected chi connectivity index (χ2v) is 5.88. The molecule has 1 N–H and O–H groups in total. The Kier molecular flexibility index (Phi) is 3.97. The van der Waals surface area contributed by atoms with Crippen LogP contribution in [0.1, 0.15) is 25.8 Å². The fraction of sp³-hybridized carbons (Fsp3) is 0.278. The maximum atomic E-state index is 12.4. The minimum absolute atomic E-state index is 0.356. The smallest absolute Gasteiger partial charge is 0.346 e. The van der Waals surface area contributed by atoms with E-state index >= 15 is 0 Å². The van der Waals surface area contributed by atoms with Crippen LogP contribution in [0.2, 0.25) is 0 Å². The van der Waals surface area contributed by atoms with Crippen LogP contribution in [-0.4, -0.2) is 35.8 Å². The number of ether oxygens (including phenoxy) is 1. The molecule has 1 aliphatic heterocycles. The normalized spacial score (nSPS) is 20.9. The van der Waals surface area contributed by atoms with Gasteiger partial charge in [0, 0.05) is 5.56 Å². The highest BCUT2D eigenvalue weighted by molar-refractivity contribution is 6.08. The molecule has 2 aromatic carbocycles. The number of benzene rings is 2. The molecule has 0 spiro atoms. The van der Waals surface area contributed by atoms with Crippen molar-refractivity contribution in [3.05, 3.63) is 42.0 Å². The molecule has 24 heavy (non-hydrogen) atoms. The van der Waals surface area contributed by atoms with Gasteiger partial charge in [-0.25, -0.2) is 4.79 Å². The quantitative estimate of drug-likeness (QED) is 0.694. The summed E-state index contributed by atoms with van der Waals surface area (Å²) in [5.74, 6) is 0.271. The molecule has 0 bridgehead atoms. The Morgan fingerprint density at radius 3 is 2.67 bits per heavy atom. The third-order valence-corrected chi connectivity index (χ3v) is 4.40. The molecule has 0 aromatic heterocycles. The number of hydrogen-bond donors (Lipinski definition) is 1. The van der Waals surface area contributed by atoms with Gasteiger partial charge in [-0.1, -0.05) is 37.3 Å². The predicted octanol–water partition coefficient (Wildman–Crippen LogP) is 2.90. The number of methoxy groups -OCH3 is 1. The Hall–Kier alpha value is -2.89. The minimum Gasteiger partial charge on any atom is -0.496 e. The van der Waals surface area contributed by atoms with E-state index in [1.165, 1.54) is 6.21 Å². The fourth-order valence-electron chi connectivity index (χ4n) is 2.72. The van der Waals surface area contributed by atoms with E-state index in [0.717, 1.165) is 21.3 Å². The Morgan fingerprint density at radius 2 is 2.00 bits per heavy atom. The molecule has 0 saturated carbocycles. The summed E-state index contributed by atoms with van der Waals surface area (Å²) >= 11 is 0. The van der Waals surface area contributed by atoms with E-state index in [1.807, 2.05) is 43.3 Å². The second kappa shape index (κ2) is 5.96. The van der Waals surface area contributed by atoms with Crippen molar-refractivity contribution < 1.29 is 14.3 Å². The van der Waals surface area contributed by atoms with Crippen molar-refractivity contribution in [2.24, 2.45) is 5.10 Å². The van der Waals surface area contributed by atoms with E-state index < -0.39 is 11.6 Å². The van der Waals surface area contributed by atoms with E-state index in [0.29, 0.717) is 12.2 Å². The Balaban J connectivity index is 2.02. The highest BCUT2D eigenvalue weighted by Gasteiger charge is 2.46. The molecule has 1 heterocycles. The van der Waals surface area contributed by atoms with E-state index in [-0.39, 0.29) is 5.91 Å². The van der Waals surface area contributed by atoms with Crippen molar-refractivity contribution in [3.63, 3.8) is 0 Å². The molecule has 0 aliphatic carbocycles. The van der Waals surface area contributed by atoms with Crippen molar-refractivity contribution in [3.8, 4) is 5.75 Å². The summed E-state index contributed by atoms with van der Waals surface area (Å²) in [6, 6.07) is 11.1. The van der Waals surface area contributed by atoms with Gasteiger partial charge in [-0.05, 0) is 30.2 Å². The Morgan fingerprint density at radius 1 is 1.25 bits per heavy atom. The number of imide groups is 1. The highest BCUT2D eigenvalue weighted by atomic mass is 16.5. The van der Waals surface area contributed by atoms with Crippen molar-refractivity contribution in [2.45, 2.75) is 25.8 Å². The van der Waals surface area contributed by atoms with Crippen LogP contribution in [0, 0.1) is 0 Å². The van der Waals surface area contributed by atoms with Gasteiger partial charge in [0.05, 0.1) is 13.3 Å². The van der Waals surface area contributed by atoms with E-state index in [2.05, 4.69) is 10.4 Å². The molecular formula is C18H19N3O3. The van der Waals surface area contributed by atoms with Crippen LogP contribution in [0.25, 0.3) is 10.8 Å². The van der Waals surface area contributed by atoms with Crippen LogP contribution in [0.5, 0.6) is 5.75 Å². The lowest BCUT2D eigenvalue weighted by molar-refractivity contribution is -0.130. The largest absolute Gasteiger partial charge is 0.496 e. The van der Waals surface area contributed by atoms with Crippen LogP contribution in [0.15, 0.2) is 41.5 Å². The first-order valence-corrected chi connectivity index (χ1v) is 7.76. The standard InChI is InChI=1S/C18H19N3O3/c1-4-18(2)16(22)21(17(23)20-18)19-11-14-13-8-6-5-7-12(13)9-10-15(14)24-3/h5-11H,4H2,1-3H3,(H,20,23)/b19-11-/t18-/m1/s1. The number of amides is 3. The molecule has 6 heteroatoms. The third-order valence-electron chi connectivity index (χ3n) is 4.40. The molecule has 2 aromatic rings. The lowest BCUT2D eigenvalue weighted by Gasteiger charge is -2.17. The summed E-state index contributed by atoms with van der Waals surface area (Å²) in [5.41, 5.74) is -0.182. The van der Waals surface area contributed by atoms with Crippen LogP contribution in [-0.2, 0) is 4.79 Å². The number of hydrazone groups is 1. The topological polar surface area (TPSA) is 71.0 Å². The maximum absolute atomic E-state index is 12.4. The van der Waals surface area contributed by atoms with E-state index in [4.69, 9.17) is 4.74 Å². The van der Waals surface area contributed by atoms with Crippen LogP contribution < -0.4 is 10.1 Å². The lowest BCUT2D eigenvalue weighted by Crippen LogP contribution is -2.42. The van der Waals surface area contributed by atoms with Crippen LogP contribution in [0.4, 0.5) is 4.79 Å². The lowest BCUT2D eigenvalue weighted by atomic mass is 10.00. The second-order valence-electron chi connectivity index (χ2n) is 5.88. The number of hydrogen-bond acceptors (Lipinski definition) is 4. The Labute approximate surface area is 140 Å². The first kappa shape index (κ1) is 16.0. The van der Waals surface area contributed by atoms with Gasteiger partial charge >= 0.3 is 6.03 Å². The summed E-state index contributed by atoms with van der Waals surface area (Å²) in [7, 11) is 1.57. The van der Waals surface area contributed by atoms with Gasteiger partial charge < -0.3 is 10.1 Å². The third kappa shape index (κ3) is 2.50. The maximum Gasteiger partial charge on any atom is 0.346 e. The van der Waals surface area contributed by atoms with Gasteiger partial charge in [0.25, 0.3) is 5.91 Å². The first-order valence-electron chi connectivity index (χ1n) is 7.76. The monoisotopic (exact) mass is 325 g/mol. The number of carbonyl (C=O) groups excluding carboxylic acids is 2. The number of rotatable bonds is 4. The van der Waals surface area contributed by atoms with Crippen LogP contribution >= 0.6 is 0 Å². The zero-order valence-corrected chi connectivity index (χ0v) is 13.9. The average Bonchev–Trinajstić information content (AvgIpc) is 2.82. The molecule has 124 valence electrons. The zero-order valence-electron chi connectivity index (χ0n) is 13.9. The molecular weight excluding hydrogens is 306 g/mol. The van der Waals surface area contributed by atoms with Gasteiger partial charge in [-0.15, -0.1) is 5.01 Å².